The van der Waals surface area contributed by atoms with Crippen molar-refractivity contribution in [3.8, 4) is 5.88 Å². The minimum atomic E-state index is -0.268. The van der Waals surface area contributed by atoms with Crippen molar-refractivity contribution in [1.29, 1.82) is 0 Å². The fraction of sp³-hybridized carbons (Fsp3) is 0.719. The summed E-state index contributed by atoms with van der Waals surface area (Å²) >= 11 is 3.44. The maximum Gasteiger partial charge on any atom is 0.264 e. The molecular weight excluding hydrogens is 570 g/mol. The van der Waals surface area contributed by atoms with E-state index < -0.39 is 0 Å². The smallest absolute Gasteiger partial charge is 0.264 e. The number of halogens is 1. The van der Waals surface area contributed by atoms with Crippen LogP contribution in [0.4, 0.5) is 5.69 Å². The first kappa shape index (κ1) is 28.4. The van der Waals surface area contributed by atoms with Crippen molar-refractivity contribution in [3.63, 3.8) is 0 Å². The molecule has 8 heteroatoms. The maximum absolute atomic E-state index is 12.7. The van der Waals surface area contributed by atoms with E-state index in [1.165, 1.54) is 12.8 Å². The standard InChI is InChI=1S/C32H44BrN3O4/c1-17(4-9-27(39)35-36-29-21-16-19(33)5-8-25(21)34-30(29)40)22-6-7-23-28-24(11-13-32(22,23)3)31(2)12-10-20(37)14-18(31)15-26(28)38/h5,8,16-18,20,22-24,26,28,34,37-38,40H,4,6-7,9-15H2,1-3H3/t17-,18+,20-,22-,23+,24+,26+,28+,31-,32-/m0/s1. The van der Waals surface area contributed by atoms with Gasteiger partial charge in [0.1, 0.15) is 0 Å². The van der Waals surface area contributed by atoms with Gasteiger partial charge >= 0.3 is 0 Å². The zero-order chi connectivity index (χ0) is 28.4. The number of amides is 1. The molecule has 1 aromatic heterocycles. The summed E-state index contributed by atoms with van der Waals surface area (Å²) in [6.07, 6.45) is 8.98. The van der Waals surface area contributed by atoms with Crippen LogP contribution in [0.15, 0.2) is 32.9 Å². The number of nitrogens with zero attached hydrogens (tertiary/aromatic N) is 2. The predicted octanol–water partition coefficient (Wildman–Crippen LogP) is 7.65. The number of aliphatic hydroxyl groups is 2. The zero-order valence-electron chi connectivity index (χ0n) is 23.9. The van der Waals surface area contributed by atoms with Crippen molar-refractivity contribution in [3.05, 3.63) is 22.7 Å². The summed E-state index contributed by atoms with van der Waals surface area (Å²) < 4.78 is 0.861. The van der Waals surface area contributed by atoms with E-state index in [2.05, 4.69) is 51.9 Å². The van der Waals surface area contributed by atoms with Gasteiger partial charge in [-0.15, -0.1) is 10.2 Å². The van der Waals surface area contributed by atoms with Gasteiger partial charge in [0.25, 0.3) is 5.91 Å². The average molecular weight is 615 g/mol. The number of aromatic nitrogens is 1. The molecule has 0 aliphatic heterocycles. The molecule has 0 unspecified atom stereocenters. The number of hydrogen-bond acceptors (Lipinski definition) is 5. The largest absolute Gasteiger partial charge is 0.493 e. The van der Waals surface area contributed by atoms with Gasteiger partial charge in [-0.2, -0.15) is 0 Å². The number of aliphatic hydroxyl groups excluding tert-OH is 2. The number of rotatable bonds is 5. The van der Waals surface area contributed by atoms with Crippen LogP contribution >= 0.6 is 15.9 Å². The second-order valence-electron chi connectivity index (χ2n) is 14.1. The van der Waals surface area contributed by atoms with Gasteiger partial charge in [0.15, 0.2) is 5.69 Å². The van der Waals surface area contributed by atoms with Crippen molar-refractivity contribution < 1.29 is 20.1 Å². The molecule has 4 N–H and O–H groups in total. The third-order valence-electron chi connectivity index (χ3n) is 12.2. The number of H-pyrrole nitrogens is 1. The Morgan fingerprint density at radius 3 is 2.65 bits per heavy atom. The third kappa shape index (κ3) is 4.66. The fourth-order valence-corrected chi connectivity index (χ4v) is 10.5. The molecule has 4 saturated carbocycles. The Kier molecular flexibility index (Phi) is 7.44. The van der Waals surface area contributed by atoms with Crippen molar-refractivity contribution in [2.75, 3.05) is 0 Å². The lowest BCUT2D eigenvalue weighted by molar-refractivity contribution is -0.174. The lowest BCUT2D eigenvalue weighted by Crippen LogP contribution is -2.58. The van der Waals surface area contributed by atoms with Crippen LogP contribution in [-0.4, -0.2) is 38.4 Å². The van der Waals surface area contributed by atoms with E-state index in [-0.39, 0.29) is 40.5 Å². The Labute approximate surface area is 245 Å². The van der Waals surface area contributed by atoms with E-state index in [4.69, 9.17) is 0 Å². The number of carbonyl (C=O) groups is 1. The summed E-state index contributed by atoms with van der Waals surface area (Å²) in [6.45, 7) is 7.21. The molecule has 6 rings (SSSR count). The minimum Gasteiger partial charge on any atom is -0.493 e. The number of carbonyl (C=O) groups excluding carboxylic acids is 1. The first-order valence-electron chi connectivity index (χ1n) is 15.3. The quantitative estimate of drug-likeness (QED) is 0.259. The van der Waals surface area contributed by atoms with Gasteiger partial charge in [0, 0.05) is 16.3 Å². The van der Waals surface area contributed by atoms with Crippen molar-refractivity contribution in [1.82, 2.24) is 4.98 Å². The highest BCUT2D eigenvalue weighted by Crippen LogP contribution is 2.68. The number of fused-ring (bicyclic) bond motifs is 6. The van der Waals surface area contributed by atoms with Crippen molar-refractivity contribution in [2.24, 2.45) is 56.6 Å². The van der Waals surface area contributed by atoms with E-state index in [1.54, 1.807) is 0 Å². The molecule has 40 heavy (non-hydrogen) atoms. The Bertz CT molecular complexity index is 1310. The lowest BCUT2D eigenvalue weighted by Gasteiger charge is -2.62. The fourth-order valence-electron chi connectivity index (χ4n) is 10.1. The molecule has 4 aliphatic rings. The predicted molar refractivity (Wildman–Crippen MR) is 158 cm³/mol. The Hall–Kier alpha value is -1.77. The molecule has 7 nitrogen and oxygen atoms in total. The SMILES string of the molecule is C[C@@H](CCC(=O)N=Nc1c(O)[nH]c2ccc(Br)cc12)[C@@H]1CC[C@@H]2[C@H]3[C@H](O)C[C@H]4C[C@@H](O)CC[C@]4(C)[C@@H]3CC[C@]21C. The van der Waals surface area contributed by atoms with E-state index >= 15 is 0 Å². The van der Waals surface area contributed by atoms with Crippen LogP contribution in [0, 0.1) is 46.3 Å². The zero-order valence-corrected chi connectivity index (χ0v) is 25.5. The number of aromatic hydroxyl groups is 1. The molecule has 1 heterocycles. The highest BCUT2D eigenvalue weighted by Gasteiger charge is 2.62. The monoisotopic (exact) mass is 613 g/mol. The molecule has 4 aliphatic carbocycles. The summed E-state index contributed by atoms with van der Waals surface area (Å²) in [5.74, 6) is 2.42. The van der Waals surface area contributed by atoms with Crippen LogP contribution < -0.4 is 0 Å². The highest BCUT2D eigenvalue weighted by molar-refractivity contribution is 9.10. The first-order valence-corrected chi connectivity index (χ1v) is 16.1. The molecule has 218 valence electrons. The van der Waals surface area contributed by atoms with Gasteiger partial charge in [-0.3, -0.25) is 4.79 Å². The van der Waals surface area contributed by atoms with Gasteiger partial charge in [-0.25, -0.2) is 0 Å². The molecule has 2 aromatic rings. The Morgan fingerprint density at radius 2 is 1.85 bits per heavy atom. The molecule has 0 radical (unpaired) electrons. The van der Waals surface area contributed by atoms with Gasteiger partial charge in [-0.05, 0) is 122 Å². The number of nitrogens with one attached hydrogen (secondary N) is 1. The molecular formula is C32H44BrN3O4. The van der Waals surface area contributed by atoms with E-state index in [9.17, 15) is 20.1 Å². The van der Waals surface area contributed by atoms with Crippen molar-refractivity contribution >= 4 is 38.4 Å². The third-order valence-corrected chi connectivity index (χ3v) is 12.7. The normalized spacial score (nSPS) is 40.1. The Morgan fingerprint density at radius 1 is 1.10 bits per heavy atom. The van der Waals surface area contributed by atoms with Crippen LogP contribution in [0.5, 0.6) is 5.88 Å². The van der Waals surface area contributed by atoms with Crippen LogP contribution in [0.1, 0.15) is 85.0 Å². The maximum atomic E-state index is 12.7. The molecule has 1 aromatic carbocycles. The molecule has 10 atom stereocenters. The minimum absolute atomic E-state index is 0.0898. The second kappa shape index (κ2) is 10.5. The number of hydrogen-bond donors (Lipinski definition) is 4. The van der Waals surface area contributed by atoms with Gasteiger partial charge in [0.2, 0.25) is 5.88 Å². The van der Waals surface area contributed by atoms with Crippen LogP contribution in [0.3, 0.4) is 0 Å². The van der Waals surface area contributed by atoms with E-state index in [1.807, 2.05) is 18.2 Å². The van der Waals surface area contributed by atoms with Crippen LogP contribution in [0.25, 0.3) is 10.9 Å². The second-order valence-corrected chi connectivity index (χ2v) is 15.0. The summed E-state index contributed by atoms with van der Waals surface area (Å²) in [7, 11) is 0. The van der Waals surface area contributed by atoms with Crippen molar-refractivity contribution in [2.45, 2.75) is 97.2 Å². The number of azo groups is 1. The summed E-state index contributed by atoms with van der Waals surface area (Å²) in [5, 5.41) is 40.9. The average Bonchev–Trinajstić information content (AvgIpc) is 3.42. The van der Waals surface area contributed by atoms with Gasteiger partial charge in [-0.1, -0.05) is 36.7 Å². The molecule has 0 saturated heterocycles. The van der Waals surface area contributed by atoms with Gasteiger partial charge < -0.3 is 20.3 Å². The first-order chi connectivity index (χ1) is 19.0. The summed E-state index contributed by atoms with van der Waals surface area (Å²) in [6, 6.07) is 5.56. The van der Waals surface area contributed by atoms with E-state index in [0.29, 0.717) is 47.3 Å². The number of aromatic amines is 1. The summed E-state index contributed by atoms with van der Waals surface area (Å²) in [5.41, 5.74) is 1.45. The van der Waals surface area contributed by atoms with E-state index in [0.717, 1.165) is 54.9 Å². The molecule has 1 amide bonds. The molecule has 0 bridgehead atoms. The summed E-state index contributed by atoms with van der Waals surface area (Å²) in [4.78, 5) is 15.6. The topological polar surface area (TPSA) is 118 Å². The lowest BCUT2D eigenvalue weighted by atomic mass is 9.43. The molecule has 0 spiro atoms. The van der Waals surface area contributed by atoms with Crippen LogP contribution in [0.2, 0.25) is 0 Å². The van der Waals surface area contributed by atoms with Crippen LogP contribution in [-0.2, 0) is 4.79 Å². The van der Waals surface area contributed by atoms with Gasteiger partial charge in [0.05, 0.1) is 17.7 Å². The molecule has 4 fully saturated rings. The Balaban J connectivity index is 1.11. The highest BCUT2D eigenvalue weighted by atomic mass is 79.9. The number of benzene rings is 1.